The Hall–Kier alpha value is -2.62. The van der Waals surface area contributed by atoms with E-state index < -0.39 is 6.04 Å². The van der Waals surface area contributed by atoms with Gasteiger partial charge in [0.05, 0.1) is 0 Å². The van der Waals surface area contributed by atoms with Gasteiger partial charge in [-0.3, -0.25) is 9.59 Å². The number of anilines is 1. The molecule has 25 heavy (non-hydrogen) atoms. The van der Waals surface area contributed by atoms with Crippen LogP contribution in [0.25, 0.3) is 0 Å². The first-order chi connectivity index (χ1) is 12.0. The Balaban J connectivity index is 1.78. The van der Waals surface area contributed by atoms with Gasteiger partial charge in [-0.05, 0) is 43.9 Å². The number of hydrogen-bond donors (Lipinski definition) is 1. The summed E-state index contributed by atoms with van der Waals surface area (Å²) >= 11 is 0. The van der Waals surface area contributed by atoms with Gasteiger partial charge in [-0.2, -0.15) is 0 Å². The molecule has 1 aliphatic rings. The van der Waals surface area contributed by atoms with E-state index in [1.807, 2.05) is 51.1 Å². The highest BCUT2D eigenvalue weighted by molar-refractivity contribution is 6.00. The molecule has 130 valence electrons. The van der Waals surface area contributed by atoms with E-state index in [1.165, 1.54) is 5.56 Å². The number of nitrogens with zero attached hydrogens (tertiary/aromatic N) is 1. The Morgan fingerprint density at radius 2 is 1.76 bits per heavy atom. The smallest absolute Gasteiger partial charge is 0.247 e. The molecule has 0 saturated carbocycles. The lowest BCUT2D eigenvalue weighted by Crippen LogP contribution is -2.41. The maximum Gasteiger partial charge on any atom is 0.247 e. The van der Waals surface area contributed by atoms with Crippen LogP contribution in [0.5, 0.6) is 0 Å². The Kier molecular flexibility index (Phi) is 4.88. The largest absolute Gasteiger partial charge is 0.326 e. The van der Waals surface area contributed by atoms with E-state index >= 15 is 0 Å². The normalized spacial score (nSPS) is 17.0. The molecule has 0 spiro atoms. The van der Waals surface area contributed by atoms with E-state index in [2.05, 4.69) is 17.4 Å². The molecule has 2 aromatic rings. The predicted molar refractivity (Wildman–Crippen MR) is 99.3 cm³/mol. The molecule has 1 fully saturated rings. The van der Waals surface area contributed by atoms with Crippen LogP contribution < -0.4 is 5.32 Å². The molecule has 1 aliphatic heterocycles. The van der Waals surface area contributed by atoms with Gasteiger partial charge in [0.25, 0.3) is 0 Å². The van der Waals surface area contributed by atoms with Crippen molar-refractivity contribution >= 4 is 17.5 Å². The summed E-state index contributed by atoms with van der Waals surface area (Å²) in [7, 11) is 0. The Morgan fingerprint density at radius 3 is 2.40 bits per heavy atom. The molecule has 0 bridgehead atoms. The molecule has 0 radical (unpaired) electrons. The minimum atomic E-state index is -0.409. The van der Waals surface area contributed by atoms with Gasteiger partial charge in [0, 0.05) is 18.7 Å². The van der Waals surface area contributed by atoms with Crippen molar-refractivity contribution in [2.45, 2.75) is 46.2 Å². The number of nitrogens with one attached hydrogen (secondary N) is 1. The third kappa shape index (κ3) is 3.73. The summed E-state index contributed by atoms with van der Waals surface area (Å²) in [6, 6.07) is 13.5. The first-order valence-corrected chi connectivity index (χ1v) is 8.68. The van der Waals surface area contributed by atoms with Crippen LogP contribution >= 0.6 is 0 Å². The van der Waals surface area contributed by atoms with E-state index in [4.69, 9.17) is 0 Å². The standard InChI is InChI=1S/C21H24N2O2/c1-14-11-15(2)20(16(3)12-14)22-21(25)18-9-10-19(24)23(18)13-17-7-5-4-6-8-17/h4-8,11-12,18H,9-10,13H2,1-3H3,(H,22,25). The quantitative estimate of drug-likeness (QED) is 0.924. The zero-order valence-electron chi connectivity index (χ0n) is 15.0. The summed E-state index contributed by atoms with van der Waals surface area (Å²) in [4.78, 5) is 26.8. The zero-order chi connectivity index (χ0) is 18.0. The fraction of sp³-hybridized carbons (Fsp3) is 0.333. The van der Waals surface area contributed by atoms with E-state index in [1.54, 1.807) is 4.90 Å². The molecule has 4 nitrogen and oxygen atoms in total. The SMILES string of the molecule is Cc1cc(C)c(NC(=O)C2CCC(=O)N2Cc2ccccc2)c(C)c1. The minimum absolute atomic E-state index is 0.0429. The number of carbonyl (C=O) groups is 2. The topological polar surface area (TPSA) is 49.4 Å². The van der Waals surface area contributed by atoms with Crippen LogP contribution in [0, 0.1) is 20.8 Å². The van der Waals surface area contributed by atoms with Crippen molar-refractivity contribution in [2.24, 2.45) is 0 Å². The molecular weight excluding hydrogens is 312 g/mol. The van der Waals surface area contributed by atoms with Gasteiger partial charge in [-0.25, -0.2) is 0 Å². The molecule has 2 amide bonds. The third-order valence-electron chi connectivity index (χ3n) is 4.75. The number of aryl methyl sites for hydroxylation is 3. The summed E-state index contributed by atoms with van der Waals surface area (Å²) in [5, 5.41) is 3.05. The molecule has 2 aromatic carbocycles. The second-order valence-electron chi connectivity index (χ2n) is 6.82. The molecule has 4 heteroatoms. The van der Waals surface area contributed by atoms with Gasteiger partial charge >= 0.3 is 0 Å². The maximum absolute atomic E-state index is 12.8. The van der Waals surface area contributed by atoms with Gasteiger partial charge in [-0.1, -0.05) is 48.0 Å². The first kappa shape index (κ1) is 17.2. The molecular formula is C21H24N2O2. The van der Waals surface area contributed by atoms with E-state index in [0.29, 0.717) is 19.4 Å². The Morgan fingerprint density at radius 1 is 1.12 bits per heavy atom. The lowest BCUT2D eigenvalue weighted by molar-refractivity contribution is -0.133. The molecule has 3 rings (SSSR count). The number of amides is 2. The van der Waals surface area contributed by atoms with Gasteiger partial charge in [-0.15, -0.1) is 0 Å². The highest BCUT2D eigenvalue weighted by atomic mass is 16.2. The Bertz CT molecular complexity index is 776. The summed E-state index contributed by atoms with van der Waals surface area (Å²) in [6.45, 7) is 6.51. The van der Waals surface area contributed by atoms with E-state index in [9.17, 15) is 9.59 Å². The Labute approximate surface area is 148 Å². The van der Waals surface area contributed by atoms with Gasteiger partial charge < -0.3 is 10.2 Å². The van der Waals surface area contributed by atoms with Crippen molar-refractivity contribution in [3.63, 3.8) is 0 Å². The van der Waals surface area contributed by atoms with Crippen LogP contribution in [-0.4, -0.2) is 22.8 Å². The van der Waals surface area contributed by atoms with E-state index in [-0.39, 0.29) is 11.8 Å². The summed E-state index contributed by atoms with van der Waals surface area (Å²) in [5.74, 6) is -0.0572. The molecule has 1 saturated heterocycles. The fourth-order valence-corrected chi connectivity index (χ4v) is 3.57. The van der Waals surface area contributed by atoms with Crippen LogP contribution in [0.4, 0.5) is 5.69 Å². The van der Waals surface area contributed by atoms with Crippen molar-refractivity contribution in [1.82, 2.24) is 4.90 Å². The van der Waals surface area contributed by atoms with Crippen molar-refractivity contribution in [3.05, 3.63) is 64.7 Å². The number of benzene rings is 2. The number of likely N-dealkylation sites (tertiary alicyclic amines) is 1. The summed E-state index contributed by atoms with van der Waals surface area (Å²) in [6.07, 6.45) is 0.998. The number of hydrogen-bond acceptors (Lipinski definition) is 2. The molecule has 1 heterocycles. The summed E-state index contributed by atoms with van der Waals surface area (Å²) in [5.41, 5.74) is 5.16. The van der Waals surface area contributed by atoms with Crippen molar-refractivity contribution < 1.29 is 9.59 Å². The maximum atomic E-state index is 12.8. The average molecular weight is 336 g/mol. The zero-order valence-corrected chi connectivity index (χ0v) is 15.0. The third-order valence-corrected chi connectivity index (χ3v) is 4.75. The highest BCUT2D eigenvalue weighted by Crippen LogP contribution is 2.26. The van der Waals surface area contributed by atoms with Crippen LogP contribution in [0.1, 0.15) is 35.1 Å². The fourth-order valence-electron chi connectivity index (χ4n) is 3.57. The summed E-state index contributed by atoms with van der Waals surface area (Å²) < 4.78 is 0. The van der Waals surface area contributed by atoms with Gasteiger partial charge in [0.15, 0.2) is 0 Å². The molecule has 1 unspecified atom stereocenters. The first-order valence-electron chi connectivity index (χ1n) is 8.68. The second kappa shape index (κ2) is 7.09. The average Bonchev–Trinajstić information content (AvgIpc) is 2.93. The van der Waals surface area contributed by atoms with Crippen LogP contribution in [-0.2, 0) is 16.1 Å². The van der Waals surface area contributed by atoms with Crippen LogP contribution in [0.3, 0.4) is 0 Å². The molecule has 1 atom stereocenters. The number of rotatable bonds is 4. The second-order valence-corrected chi connectivity index (χ2v) is 6.82. The van der Waals surface area contributed by atoms with Crippen molar-refractivity contribution in [1.29, 1.82) is 0 Å². The monoisotopic (exact) mass is 336 g/mol. The number of carbonyl (C=O) groups excluding carboxylic acids is 2. The van der Waals surface area contributed by atoms with Gasteiger partial charge in [0.1, 0.15) is 6.04 Å². The lowest BCUT2D eigenvalue weighted by atomic mass is 10.0. The van der Waals surface area contributed by atoms with Crippen molar-refractivity contribution in [2.75, 3.05) is 5.32 Å². The van der Waals surface area contributed by atoms with Gasteiger partial charge in [0.2, 0.25) is 11.8 Å². The molecule has 0 aromatic heterocycles. The van der Waals surface area contributed by atoms with Crippen LogP contribution in [0.15, 0.2) is 42.5 Å². The lowest BCUT2D eigenvalue weighted by Gasteiger charge is -2.25. The minimum Gasteiger partial charge on any atom is -0.326 e. The van der Waals surface area contributed by atoms with E-state index in [0.717, 1.165) is 22.4 Å². The highest BCUT2D eigenvalue weighted by Gasteiger charge is 2.36. The predicted octanol–water partition coefficient (Wildman–Crippen LogP) is 3.74. The van der Waals surface area contributed by atoms with Crippen LogP contribution in [0.2, 0.25) is 0 Å². The molecule has 1 N–H and O–H groups in total. The molecule has 0 aliphatic carbocycles. The van der Waals surface area contributed by atoms with Crippen molar-refractivity contribution in [3.8, 4) is 0 Å².